The van der Waals surface area contributed by atoms with Gasteiger partial charge in [-0.2, -0.15) is 0 Å². The van der Waals surface area contributed by atoms with Crippen molar-refractivity contribution >= 4 is 0 Å². The minimum Gasteiger partial charge on any atom is -0.496 e. The summed E-state index contributed by atoms with van der Waals surface area (Å²) in [5, 5.41) is 0. The Morgan fingerprint density at radius 3 is 2.22 bits per heavy atom. The van der Waals surface area contributed by atoms with E-state index in [4.69, 9.17) is 9.47 Å². The van der Waals surface area contributed by atoms with Crippen molar-refractivity contribution in [1.29, 1.82) is 0 Å². The number of rotatable bonds is 5. The molecule has 0 heterocycles. The van der Waals surface area contributed by atoms with E-state index in [1.807, 2.05) is 6.92 Å². The van der Waals surface area contributed by atoms with Gasteiger partial charge in [-0.05, 0) is 57.2 Å². The van der Waals surface area contributed by atoms with Crippen molar-refractivity contribution in [1.82, 2.24) is 0 Å². The number of ether oxygens (including phenoxy) is 2. The molecule has 2 heteroatoms. The molecule has 23 heavy (non-hydrogen) atoms. The van der Waals surface area contributed by atoms with Gasteiger partial charge in [0.1, 0.15) is 11.5 Å². The zero-order chi connectivity index (χ0) is 17.2. The number of allylic oxidation sites excluding steroid dienone is 3. The van der Waals surface area contributed by atoms with Crippen LogP contribution in [0, 0.1) is 0 Å². The zero-order valence-corrected chi connectivity index (χ0v) is 15.4. The zero-order valence-electron chi connectivity index (χ0n) is 15.4. The molecule has 1 unspecified atom stereocenters. The molecule has 128 valence electrons. The predicted molar refractivity (Wildman–Crippen MR) is 99.8 cm³/mol. The number of hydrogen-bond acceptors (Lipinski definition) is 2. The molecule has 1 aromatic rings. The lowest BCUT2D eigenvalue weighted by Crippen LogP contribution is -2.07. The molecule has 0 aromatic heterocycles. The lowest BCUT2D eigenvalue weighted by molar-refractivity contribution is 0.378. The normalized spacial score (nSPS) is 16.7. The van der Waals surface area contributed by atoms with Gasteiger partial charge in [-0.25, -0.2) is 0 Å². The van der Waals surface area contributed by atoms with Crippen LogP contribution in [0.3, 0.4) is 0 Å². The summed E-state index contributed by atoms with van der Waals surface area (Å²) < 4.78 is 11.3. The van der Waals surface area contributed by atoms with Crippen molar-refractivity contribution in [2.75, 3.05) is 14.2 Å². The Morgan fingerprint density at radius 1 is 1.22 bits per heavy atom. The van der Waals surface area contributed by atoms with Gasteiger partial charge in [0.15, 0.2) is 0 Å². The van der Waals surface area contributed by atoms with Crippen molar-refractivity contribution in [2.45, 2.75) is 58.8 Å². The van der Waals surface area contributed by atoms with E-state index >= 15 is 0 Å². The molecule has 0 amide bonds. The maximum atomic E-state index is 5.65. The lowest BCUT2D eigenvalue weighted by Gasteiger charge is -2.24. The molecule has 1 atom stereocenters. The van der Waals surface area contributed by atoms with E-state index in [1.165, 1.54) is 36.0 Å². The number of aryl methyl sites for hydroxylation is 1. The highest BCUT2D eigenvalue weighted by Gasteiger charge is 2.22. The standard InChI is InChI=1S/C18H26O2.C3H6/c1-5-7-14-11-16(19-3)18(17(12-14)20-4)15-9-6-8-13(2)10-15;1-3-2/h10-12,15H,5-9H2,1-4H3;3H,1H2,2H3. The highest BCUT2D eigenvalue weighted by molar-refractivity contribution is 5.52. The number of methoxy groups -OCH3 is 2. The third kappa shape index (κ3) is 5.46. The van der Waals surface area contributed by atoms with Crippen LogP contribution in [-0.2, 0) is 6.42 Å². The van der Waals surface area contributed by atoms with E-state index in [0.717, 1.165) is 24.3 Å². The minimum atomic E-state index is 0.421. The third-order valence-corrected chi connectivity index (χ3v) is 4.09. The van der Waals surface area contributed by atoms with Gasteiger partial charge in [-0.15, -0.1) is 6.58 Å². The largest absolute Gasteiger partial charge is 0.496 e. The van der Waals surface area contributed by atoms with Crippen LogP contribution >= 0.6 is 0 Å². The summed E-state index contributed by atoms with van der Waals surface area (Å²) in [6.45, 7) is 9.66. The van der Waals surface area contributed by atoms with Crippen molar-refractivity contribution in [3.8, 4) is 11.5 Å². The first kappa shape index (κ1) is 19.3. The molecule has 0 saturated heterocycles. The van der Waals surface area contributed by atoms with E-state index in [1.54, 1.807) is 20.3 Å². The average Bonchev–Trinajstić information content (AvgIpc) is 2.55. The van der Waals surface area contributed by atoms with Gasteiger partial charge in [0, 0.05) is 11.5 Å². The average molecular weight is 316 g/mol. The van der Waals surface area contributed by atoms with Crippen LogP contribution in [0.1, 0.15) is 63.5 Å². The molecule has 0 radical (unpaired) electrons. The molecule has 1 aliphatic rings. The fraction of sp³-hybridized carbons (Fsp3) is 0.524. The second-order valence-corrected chi connectivity index (χ2v) is 6.08. The molecule has 0 fully saturated rings. The molecule has 1 aromatic carbocycles. The van der Waals surface area contributed by atoms with E-state index < -0.39 is 0 Å². The second-order valence-electron chi connectivity index (χ2n) is 6.08. The lowest BCUT2D eigenvalue weighted by atomic mass is 9.84. The summed E-state index contributed by atoms with van der Waals surface area (Å²) in [6, 6.07) is 4.36. The summed E-state index contributed by atoms with van der Waals surface area (Å²) in [5.74, 6) is 2.37. The smallest absolute Gasteiger partial charge is 0.126 e. The molecule has 0 N–H and O–H groups in total. The molecule has 0 bridgehead atoms. The Bertz CT molecular complexity index is 504. The van der Waals surface area contributed by atoms with Crippen LogP contribution in [0.4, 0.5) is 0 Å². The quantitative estimate of drug-likeness (QED) is 0.614. The van der Waals surface area contributed by atoms with E-state index in [-0.39, 0.29) is 0 Å². The van der Waals surface area contributed by atoms with E-state index in [9.17, 15) is 0 Å². The maximum absolute atomic E-state index is 5.65. The van der Waals surface area contributed by atoms with Crippen molar-refractivity contribution in [3.63, 3.8) is 0 Å². The number of benzene rings is 1. The third-order valence-electron chi connectivity index (χ3n) is 4.09. The van der Waals surface area contributed by atoms with E-state index in [0.29, 0.717) is 5.92 Å². The van der Waals surface area contributed by atoms with Gasteiger partial charge >= 0.3 is 0 Å². The fourth-order valence-corrected chi connectivity index (χ4v) is 3.13. The van der Waals surface area contributed by atoms with Gasteiger partial charge in [0.05, 0.1) is 14.2 Å². The van der Waals surface area contributed by atoms with Crippen LogP contribution in [0.25, 0.3) is 0 Å². The summed E-state index contributed by atoms with van der Waals surface area (Å²) >= 11 is 0. The Kier molecular flexibility index (Phi) is 8.53. The molecule has 0 spiro atoms. The number of hydrogen-bond donors (Lipinski definition) is 0. The molecule has 1 aliphatic carbocycles. The Balaban J connectivity index is 0.000000816. The van der Waals surface area contributed by atoms with E-state index in [2.05, 4.69) is 38.6 Å². The first-order valence-electron chi connectivity index (χ1n) is 8.60. The van der Waals surface area contributed by atoms with Gasteiger partial charge in [0.2, 0.25) is 0 Å². The SMILES string of the molecule is C=CC.CCCc1cc(OC)c(C2C=C(C)CCC2)c(OC)c1. The molecule has 0 aliphatic heterocycles. The molecular formula is C21H32O2. The summed E-state index contributed by atoms with van der Waals surface area (Å²) in [4.78, 5) is 0. The topological polar surface area (TPSA) is 18.5 Å². The van der Waals surface area contributed by atoms with Gasteiger partial charge in [0.25, 0.3) is 0 Å². The van der Waals surface area contributed by atoms with Crippen LogP contribution in [0.15, 0.2) is 36.4 Å². The van der Waals surface area contributed by atoms with Crippen LogP contribution in [0.2, 0.25) is 0 Å². The minimum absolute atomic E-state index is 0.421. The molecular weight excluding hydrogens is 284 g/mol. The summed E-state index contributed by atoms with van der Waals surface area (Å²) in [5.41, 5.74) is 3.98. The molecule has 2 rings (SSSR count). The van der Waals surface area contributed by atoms with Crippen LogP contribution < -0.4 is 9.47 Å². The van der Waals surface area contributed by atoms with Gasteiger partial charge < -0.3 is 9.47 Å². The molecule has 0 saturated carbocycles. The highest BCUT2D eigenvalue weighted by Crippen LogP contribution is 2.42. The first-order valence-corrected chi connectivity index (χ1v) is 8.60. The Hall–Kier alpha value is -1.70. The fourth-order valence-electron chi connectivity index (χ4n) is 3.13. The van der Waals surface area contributed by atoms with Crippen LogP contribution in [0.5, 0.6) is 11.5 Å². The monoisotopic (exact) mass is 316 g/mol. The molecule has 2 nitrogen and oxygen atoms in total. The maximum Gasteiger partial charge on any atom is 0.126 e. The van der Waals surface area contributed by atoms with Crippen molar-refractivity contribution < 1.29 is 9.47 Å². The first-order chi connectivity index (χ1) is 11.1. The van der Waals surface area contributed by atoms with Gasteiger partial charge in [-0.1, -0.05) is 31.1 Å². The summed E-state index contributed by atoms with van der Waals surface area (Å²) in [6.07, 6.45) is 9.96. The second kappa shape index (κ2) is 10.1. The predicted octanol–water partition coefficient (Wildman–Crippen LogP) is 6.06. The van der Waals surface area contributed by atoms with Crippen molar-refractivity contribution in [2.24, 2.45) is 0 Å². The highest BCUT2D eigenvalue weighted by atomic mass is 16.5. The Labute approximate surface area is 142 Å². The summed E-state index contributed by atoms with van der Waals surface area (Å²) in [7, 11) is 3.51. The van der Waals surface area contributed by atoms with Crippen molar-refractivity contribution in [3.05, 3.63) is 47.6 Å². The van der Waals surface area contributed by atoms with Gasteiger partial charge in [-0.3, -0.25) is 0 Å². The Morgan fingerprint density at radius 2 is 1.78 bits per heavy atom. The van der Waals surface area contributed by atoms with Crippen LogP contribution in [-0.4, -0.2) is 14.2 Å².